The molecule has 1 aliphatic heterocycles. The number of oxazole rings is 1. The Morgan fingerprint density at radius 1 is 1.11 bits per heavy atom. The quantitative estimate of drug-likeness (QED) is 0.453. The Morgan fingerprint density at radius 3 is 2.58 bits per heavy atom. The zero-order chi connectivity index (χ0) is 25.8. The van der Waals surface area contributed by atoms with Crippen molar-refractivity contribution in [2.75, 3.05) is 44.5 Å². The Bertz CT molecular complexity index is 1260. The van der Waals surface area contributed by atoms with Crippen LogP contribution < -0.4 is 14.4 Å². The highest BCUT2D eigenvalue weighted by molar-refractivity contribution is 7.84. The van der Waals surface area contributed by atoms with Crippen molar-refractivity contribution >= 4 is 22.4 Å². The average molecular weight is 512 g/mol. The van der Waals surface area contributed by atoms with Crippen LogP contribution in [0.25, 0.3) is 11.5 Å². The topological polar surface area (TPSA) is 85.1 Å². The van der Waals surface area contributed by atoms with Gasteiger partial charge in [-0.25, -0.2) is 4.98 Å². The van der Waals surface area contributed by atoms with Gasteiger partial charge in [0.05, 0.1) is 25.7 Å². The second kappa shape index (κ2) is 11.2. The highest BCUT2D eigenvalue weighted by Gasteiger charge is 2.28. The van der Waals surface area contributed by atoms with Gasteiger partial charge in [-0.15, -0.1) is 0 Å². The molecule has 1 saturated heterocycles. The summed E-state index contributed by atoms with van der Waals surface area (Å²) < 4.78 is 29.4. The fourth-order valence-electron chi connectivity index (χ4n) is 4.46. The van der Waals surface area contributed by atoms with Gasteiger partial charge in [0, 0.05) is 47.7 Å². The van der Waals surface area contributed by atoms with Gasteiger partial charge in [0.2, 0.25) is 11.8 Å². The van der Waals surface area contributed by atoms with Crippen LogP contribution in [0.3, 0.4) is 0 Å². The fourth-order valence-corrected chi connectivity index (χ4v) is 5.59. The Labute approximate surface area is 214 Å². The van der Waals surface area contributed by atoms with Crippen LogP contribution in [0.2, 0.25) is 0 Å². The molecule has 1 aliphatic rings. The smallest absolute Gasteiger partial charge is 0.235 e. The minimum absolute atomic E-state index is 0.0326. The predicted molar refractivity (Wildman–Crippen MR) is 141 cm³/mol. The molecule has 4 rings (SSSR count). The monoisotopic (exact) mass is 511 g/mol. The van der Waals surface area contributed by atoms with Gasteiger partial charge in [0.25, 0.3) is 0 Å². The van der Waals surface area contributed by atoms with Crippen LogP contribution in [0.15, 0.2) is 46.9 Å². The number of amides is 1. The molecule has 8 nitrogen and oxygen atoms in total. The Balaban J connectivity index is 1.36. The minimum atomic E-state index is -1.40. The van der Waals surface area contributed by atoms with E-state index in [-0.39, 0.29) is 23.5 Å². The van der Waals surface area contributed by atoms with Gasteiger partial charge in [0.15, 0.2) is 11.5 Å². The number of hydrogen-bond donors (Lipinski definition) is 0. The van der Waals surface area contributed by atoms with Gasteiger partial charge in [-0.2, -0.15) is 0 Å². The summed E-state index contributed by atoms with van der Waals surface area (Å²) in [6.07, 6.45) is 0. The molecular formula is C27H33N3O5S. The molecule has 0 bridgehead atoms. The molecule has 36 heavy (non-hydrogen) atoms. The molecule has 0 aliphatic carbocycles. The number of carbonyl (C=O) groups excluding carboxylic acids is 1. The molecular weight excluding hydrogens is 478 g/mol. The fraction of sp³-hybridized carbons (Fsp3) is 0.407. The Kier molecular flexibility index (Phi) is 7.98. The van der Waals surface area contributed by atoms with Crippen molar-refractivity contribution in [1.82, 2.24) is 9.88 Å². The van der Waals surface area contributed by atoms with E-state index in [1.807, 2.05) is 11.0 Å². The van der Waals surface area contributed by atoms with Crippen molar-refractivity contribution in [1.29, 1.82) is 0 Å². The molecule has 0 radical (unpaired) electrons. The maximum Gasteiger partial charge on any atom is 0.235 e. The van der Waals surface area contributed by atoms with Crippen molar-refractivity contribution in [3.63, 3.8) is 0 Å². The van der Waals surface area contributed by atoms with Crippen LogP contribution in [0.4, 0.5) is 5.69 Å². The molecule has 1 aromatic heterocycles. The summed E-state index contributed by atoms with van der Waals surface area (Å²) in [7, 11) is 1.74. The molecule has 2 aromatic carbocycles. The number of rotatable bonds is 8. The van der Waals surface area contributed by atoms with Crippen LogP contribution in [-0.2, 0) is 21.3 Å². The summed E-state index contributed by atoms with van der Waals surface area (Å²) >= 11 is 0. The molecule has 192 valence electrons. The molecule has 1 fully saturated rings. The maximum absolute atomic E-state index is 12.9. The Morgan fingerprint density at radius 2 is 1.89 bits per heavy atom. The second-order valence-electron chi connectivity index (χ2n) is 9.04. The van der Waals surface area contributed by atoms with Crippen molar-refractivity contribution in [2.24, 2.45) is 0 Å². The van der Waals surface area contributed by atoms with Crippen molar-refractivity contribution in [3.8, 4) is 23.0 Å². The van der Waals surface area contributed by atoms with Crippen LogP contribution in [0.1, 0.15) is 23.9 Å². The molecule has 0 N–H and O–H groups in total. The van der Waals surface area contributed by atoms with Crippen LogP contribution in [0.5, 0.6) is 11.5 Å². The SMILES string of the molecule is COc1ccc(-c2nc(C[S@](=O)CC(=O)N3CCN(c4cccc(C)c4)[C@H](C)C3)c(C)o2)cc1OC. The maximum atomic E-state index is 12.9. The summed E-state index contributed by atoms with van der Waals surface area (Å²) in [4.78, 5) is 21.6. The lowest BCUT2D eigenvalue weighted by Gasteiger charge is -2.41. The first-order valence-electron chi connectivity index (χ1n) is 11.9. The summed E-state index contributed by atoms with van der Waals surface area (Å²) in [5.41, 5.74) is 3.70. The first-order valence-corrected chi connectivity index (χ1v) is 13.4. The minimum Gasteiger partial charge on any atom is -0.493 e. The third-order valence-electron chi connectivity index (χ3n) is 6.42. The number of aryl methyl sites for hydroxylation is 2. The van der Waals surface area contributed by atoms with Crippen molar-refractivity contribution in [3.05, 3.63) is 59.5 Å². The van der Waals surface area contributed by atoms with E-state index in [2.05, 4.69) is 48.0 Å². The number of aromatic nitrogens is 1. The zero-order valence-corrected chi connectivity index (χ0v) is 22.3. The number of nitrogens with zero attached hydrogens (tertiary/aromatic N) is 3. The van der Waals surface area contributed by atoms with Crippen molar-refractivity contribution in [2.45, 2.75) is 32.6 Å². The summed E-state index contributed by atoms with van der Waals surface area (Å²) in [5, 5.41) is 0. The van der Waals surface area contributed by atoms with Crippen LogP contribution in [-0.4, -0.2) is 65.6 Å². The first-order chi connectivity index (χ1) is 17.3. The van der Waals surface area contributed by atoms with Crippen LogP contribution >= 0.6 is 0 Å². The second-order valence-corrected chi connectivity index (χ2v) is 10.5. The third kappa shape index (κ3) is 5.73. The molecule has 2 atom stereocenters. The molecule has 0 spiro atoms. The number of anilines is 1. The largest absolute Gasteiger partial charge is 0.493 e. The number of carbonyl (C=O) groups is 1. The highest BCUT2D eigenvalue weighted by atomic mass is 32.2. The molecule has 9 heteroatoms. The Hall–Kier alpha value is -3.33. The third-order valence-corrected chi connectivity index (χ3v) is 7.58. The van der Waals surface area contributed by atoms with E-state index in [0.717, 1.165) is 12.1 Å². The van der Waals surface area contributed by atoms with E-state index in [1.165, 1.54) is 11.3 Å². The number of ether oxygens (including phenoxy) is 2. The van der Waals surface area contributed by atoms with E-state index >= 15 is 0 Å². The first kappa shape index (κ1) is 25.8. The highest BCUT2D eigenvalue weighted by Crippen LogP contribution is 2.32. The normalized spacial score (nSPS) is 16.6. The number of benzene rings is 2. The summed E-state index contributed by atoms with van der Waals surface area (Å²) in [6.45, 7) is 7.96. The number of methoxy groups -OCH3 is 2. The van der Waals surface area contributed by atoms with Gasteiger partial charge < -0.3 is 23.7 Å². The predicted octanol–water partition coefficient (Wildman–Crippen LogP) is 3.96. The van der Waals surface area contributed by atoms with Gasteiger partial charge in [-0.1, -0.05) is 12.1 Å². The molecule has 0 saturated carbocycles. The van der Waals surface area contributed by atoms with Crippen LogP contribution in [0, 0.1) is 13.8 Å². The number of piperazine rings is 1. The molecule has 0 unspecified atom stereocenters. The van der Waals surface area contributed by atoms with E-state index in [9.17, 15) is 9.00 Å². The average Bonchev–Trinajstić information content (AvgIpc) is 3.23. The standard InChI is InChI=1S/C27H33N3O5S/c1-18-7-6-8-22(13-18)30-12-11-29(15-19(30)2)26(31)17-36(32)16-23-20(3)35-27(28-23)21-9-10-24(33-4)25(14-21)34-5/h6-10,13-14,19H,11-12,15-17H2,1-5H3/t19-,36+/m1/s1. The lowest BCUT2D eigenvalue weighted by atomic mass is 10.1. The van der Waals surface area contributed by atoms with E-state index < -0.39 is 10.8 Å². The number of hydrogen-bond acceptors (Lipinski definition) is 7. The lowest BCUT2D eigenvalue weighted by molar-refractivity contribution is -0.129. The van der Waals surface area contributed by atoms with E-state index in [4.69, 9.17) is 13.9 Å². The lowest BCUT2D eigenvalue weighted by Crippen LogP contribution is -2.54. The van der Waals surface area contributed by atoms with Gasteiger partial charge in [-0.3, -0.25) is 9.00 Å². The molecule has 2 heterocycles. The molecule has 1 amide bonds. The summed E-state index contributed by atoms with van der Waals surface area (Å²) in [5.74, 6) is 2.21. The van der Waals surface area contributed by atoms with Gasteiger partial charge in [0.1, 0.15) is 11.5 Å². The van der Waals surface area contributed by atoms with E-state index in [1.54, 1.807) is 33.3 Å². The van der Waals surface area contributed by atoms with E-state index in [0.29, 0.717) is 41.9 Å². The van der Waals surface area contributed by atoms with Gasteiger partial charge >= 0.3 is 0 Å². The zero-order valence-electron chi connectivity index (χ0n) is 21.4. The molecule has 3 aromatic rings. The van der Waals surface area contributed by atoms with Gasteiger partial charge in [-0.05, 0) is 56.7 Å². The van der Waals surface area contributed by atoms with Crippen molar-refractivity contribution < 1.29 is 22.9 Å². The summed E-state index contributed by atoms with van der Waals surface area (Å²) in [6, 6.07) is 14.0.